The fourth-order valence-electron chi connectivity index (χ4n) is 2.10. The van der Waals surface area contributed by atoms with Crippen molar-refractivity contribution in [2.45, 2.75) is 57.2 Å². The molecule has 1 fully saturated rings. The second-order valence-corrected chi connectivity index (χ2v) is 4.41. The largest absolute Gasteiger partial charge is 0.379 e. The Morgan fingerprint density at radius 3 is 2.69 bits per heavy atom. The molecule has 0 aliphatic heterocycles. The van der Waals surface area contributed by atoms with Gasteiger partial charge >= 0.3 is 0 Å². The van der Waals surface area contributed by atoms with Crippen LogP contribution in [0.4, 0.5) is 0 Å². The lowest BCUT2D eigenvalue weighted by Gasteiger charge is -2.31. The fourth-order valence-corrected chi connectivity index (χ4v) is 2.10. The van der Waals surface area contributed by atoms with E-state index < -0.39 is 0 Å². The third-order valence-corrected chi connectivity index (χ3v) is 2.86. The molecule has 1 aliphatic carbocycles. The van der Waals surface area contributed by atoms with Gasteiger partial charge in [0.05, 0.1) is 12.1 Å². The molecule has 5 heteroatoms. The average Bonchev–Trinajstić information content (AvgIpc) is 2.17. The Morgan fingerprint density at radius 2 is 2.12 bits per heavy atom. The van der Waals surface area contributed by atoms with Crippen LogP contribution in [-0.2, 0) is 9.53 Å². The maximum absolute atomic E-state index is 11.5. The smallest absolute Gasteiger partial charge is 0.221 e. The highest BCUT2D eigenvalue weighted by molar-refractivity contribution is 5.85. The normalized spacial score (nSPS) is 26.7. The molecule has 3 atom stereocenters. The minimum absolute atomic E-state index is 0. The summed E-state index contributed by atoms with van der Waals surface area (Å²) in [5.41, 5.74) is 5.57. The minimum Gasteiger partial charge on any atom is -0.379 e. The number of halogens is 1. The van der Waals surface area contributed by atoms with Crippen LogP contribution in [0.25, 0.3) is 0 Å². The Bertz CT molecular complexity index is 212. The Labute approximate surface area is 104 Å². The van der Waals surface area contributed by atoms with Gasteiger partial charge in [-0.25, -0.2) is 0 Å². The van der Waals surface area contributed by atoms with Crippen LogP contribution in [0.3, 0.4) is 0 Å². The first-order valence-corrected chi connectivity index (χ1v) is 5.71. The van der Waals surface area contributed by atoms with Gasteiger partial charge in [-0.15, -0.1) is 12.4 Å². The lowest BCUT2D eigenvalue weighted by Crippen LogP contribution is -2.46. The average molecular weight is 251 g/mol. The molecule has 1 rings (SSSR count). The molecule has 1 amide bonds. The van der Waals surface area contributed by atoms with E-state index in [4.69, 9.17) is 10.5 Å². The van der Waals surface area contributed by atoms with Crippen LogP contribution >= 0.6 is 12.4 Å². The second-order valence-electron chi connectivity index (χ2n) is 4.41. The Hall–Kier alpha value is -0.320. The quantitative estimate of drug-likeness (QED) is 0.789. The number of carbonyl (C=O) groups excluding carboxylic acids is 1. The Morgan fingerprint density at radius 1 is 1.50 bits per heavy atom. The molecule has 0 spiro atoms. The van der Waals surface area contributed by atoms with Crippen LogP contribution in [-0.4, -0.2) is 31.2 Å². The molecule has 0 aromatic carbocycles. The van der Waals surface area contributed by atoms with Crippen molar-refractivity contribution in [1.29, 1.82) is 0 Å². The van der Waals surface area contributed by atoms with Crippen molar-refractivity contribution in [2.75, 3.05) is 7.11 Å². The van der Waals surface area contributed by atoms with Crippen molar-refractivity contribution >= 4 is 18.3 Å². The summed E-state index contributed by atoms with van der Waals surface area (Å²) in [6.45, 7) is 1.84. The molecule has 0 heterocycles. The Balaban J connectivity index is 0.00000225. The highest BCUT2D eigenvalue weighted by Crippen LogP contribution is 2.20. The molecule has 0 bridgehead atoms. The van der Waals surface area contributed by atoms with Crippen molar-refractivity contribution in [1.82, 2.24) is 5.32 Å². The van der Waals surface area contributed by atoms with Crippen LogP contribution in [0.1, 0.15) is 39.0 Å². The first-order chi connectivity index (χ1) is 7.13. The molecule has 4 nitrogen and oxygen atoms in total. The third kappa shape index (κ3) is 5.14. The monoisotopic (exact) mass is 250 g/mol. The summed E-state index contributed by atoms with van der Waals surface area (Å²) in [4.78, 5) is 11.5. The zero-order valence-electron chi connectivity index (χ0n) is 10.1. The predicted molar refractivity (Wildman–Crippen MR) is 66.7 cm³/mol. The van der Waals surface area contributed by atoms with Crippen molar-refractivity contribution in [3.63, 3.8) is 0 Å². The van der Waals surface area contributed by atoms with Gasteiger partial charge in [0.2, 0.25) is 5.91 Å². The van der Waals surface area contributed by atoms with Gasteiger partial charge in [0.15, 0.2) is 0 Å². The van der Waals surface area contributed by atoms with E-state index in [2.05, 4.69) is 5.32 Å². The standard InChI is InChI=1S/C11H22N2O2.ClH/c1-8(12)7-11(14)13-9-5-3-4-6-10(9)15-2;/h8-10H,3-7,12H2,1-2H3,(H,13,14);1H. The van der Waals surface area contributed by atoms with Gasteiger partial charge in [-0.1, -0.05) is 12.8 Å². The number of nitrogens with two attached hydrogens (primary N) is 1. The maximum atomic E-state index is 11.5. The summed E-state index contributed by atoms with van der Waals surface area (Å²) in [6.07, 6.45) is 4.99. The van der Waals surface area contributed by atoms with Gasteiger partial charge in [-0.3, -0.25) is 4.79 Å². The van der Waals surface area contributed by atoms with Crippen LogP contribution < -0.4 is 11.1 Å². The third-order valence-electron chi connectivity index (χ3n) is 2.86. The number of hydrogen-bond donors (Lipinski definition) is 2. The zero-order valence-corrected chi connectivity index (χ0v) is 10.9. The number of carbonyl (C=O) groups is 1. The lowest BCUT2D eigenvalue weighted by molar-refractivity contribution is -0.123. The van der Waals surface area contributed by atoms with E-state index in [-0.39, 0.29) is 36.5 Å². The molecule has 1 aliphatic rings. The highest BCUT2D eigenvalue weighted by atomic mass is 35.5. The first kappa shape index (κ1) is 15.7. The van der Waals surface area contributed by atoms with Gasteiger partial charge in [0.1, 0.15) is 0 Å². The highest BCUT2D eigenvalue weighted by Gasteiger charge is 2.26. The summed E-state index contributed by atoms with van der Waals surface area (Å²) in [6, 6.07) is 0.101. The number of ether oxygens (including phenoxy) is 1. The summed E-state index contributed by atoms with van der Waals surface area (Å²) in [7, 11) is 1.71. The maximum Gasteiger partial charge on any atom is 0.221 e. The van der Waals surface area contributed by atoms with Crippen molar-refractivity contribution in [3.05, 3.63) is 0 Å². The lowest BCUT2D eigenvalue weighted by atomic mass is 9.92. The van der Waals surface area contributed by atoms with E-state index in [1.165, 1.54) is 12.8 Å². The fraction of sp³-hybridized carbons (Fsp3) is 0.909. The van der Waals surface area contributed by atoms with Gasteiger partial charge in [0.25, 0.3) is 0 Å². The van der Waals surface area contributed by atoms with Crippen molar-refractivity contribution in [3.8, 4) is 0 Å². The molecule has 1 saturated carbocycles. The predicted octanol–water partition coefficient (Wildman–Crippen LogP) is 1.22. The van der Waals surface area contributed by atoms with E-state index in [0.717, 1.165) is 12.8 Å². The molecule has 16 heavy (non-hydrogen) atoms. The van der Waals surface area contributed by atoms with Crippen LogP contribution in [0.15, 0.2) is 0 Å². The van der Waals surface area contributed by atoms with Gasteiger partial charge in [0, 0.05) is 19.6 Å². The van der Waals surface area contributed by atoms with E-state index in [1.807, 2.05) is 6.92 Å². The zero-order chi connectivity index (χ0) is 11.3. The number of hydrogen-bond acceptors (Lipinski definition) is 3. The molecule has 0 radical (unpaired) electrons. The number of methoxy groups -OCH3 is 1. The summed E-state index contributed by atoms with van der Waals surface area (Å²) in [5.74, 6) is 0.0407. The molecule has 3 N–H and O–H groups in total. The van der Waals surface area contributed by atoms with Gasteiger partial charge in [-0.2, -0.15) is 0 Å². The van der Waals surface area contributed by atoms with E-state index in [0.29, 0.717) is 6.42 Å². The SMILES string of the molecule is COC1CCCCC1NC(=O)CC(C)N.Cl. The second kappa shape index (κ2) is 7.87. The van der Waals surface area contributed by atoms with Crippen molar-refractivity contribution in [2.24, 2.45) is 5.73 Å². The molecule has 96 valence electrons. The summed E-state index contributed by atoms with van der Waals surface area (Å²) in [5, 5.41) is 3.01. The Kier molecular flexibility index (Phi) is 7.72. The summed E-state index contributed by atoms with van der Waals surface area (Å²) < 4.78 is 5.36. The van der Waals surface area contributed by atoms with Crippen molar-refractivity contribution < 1.29 is 9.53 Å². The molecular weight excluding hydrogens is 228 g/mol. The molecule has 0 aromatic heterocycles. The number of amides is 1. The minimum atomic E-state index is -0.0745. The van der Waals surface area contributed by atoms with Crippen LogP contribution in [0.5, 0.6) is 0 Å². The van der Waals surface area contributed by atoms with Gasteiger partial charge in [-0.05, 0) is 19.8 Å². The first-order valence-electron chi connectivity index (χ1n) is 5.71. The molecule has 0 aromatic rings. The number of rotatable bonds is 4. The molecular formula is C11H23ClN2O2. The molecule has 0 saturated heterocycles. The van der Waals surface area contributed by atoms with E-state index in [9.17, 15) is 4.79 Å². The van der Waals surface area contributed by atoms with E-state index >= 15 is 0 Å². The van der Waals surface area contributed by atoms with E-state index in [1.54, 1.807) is 7.11 Å². The topological polar surface area (TPSA) is 64.3 Å². The van der Waals surface area contributed by atoms with Gasteiger partial charge < -0.3 is 15.8 Å². The van der Waals surface area contributed by atoms with Crippen LogP contribution in [0, 0.1) is 0 Å². The number of nitrogens with one attached hydrogen (secondary N) is 1. The van der Waals surface area contributed by atoms with Crippen LogP contribution in [0.2, 0.25) is 0 Å². The summed E-state index contributed by atoms with van der Waals surface area (Å²) >= 11 is 0. The molecule has 3 unspecified atom stereocenters.